The predicted octanol–water partition coefficient (Wildman–Crippen LogP) is 3.49. The Morgan fingerprint density at radius 3 is 2.52 bits per heavy atom. The van der Waals surface area contributed by atoms with Crippen molar-refractivity contribution >= 4 is 38.9 Å². The van der Waals surface area contributed by atoms with Gasteiger partial charge < -0.3 is 4.90 Å². The molecule has 1 amide bonds. The molecule has 0 unspecified atom stereocenters. The first kappa shape index (κ1) is 22.0. The van der Waals surface area contributed by atoms with Crippen LogP contribution in [0.5, 0.6) is 0 Å². The normalized spacial score (nSPS) is 18.9. The van der Waals surface area contributed by atoms with Crippen LogP contribution in [-0.4, -0.2) is 55.0 Å². The summed E-state index contributed by atoms with van der Waals surface area (Å²) in [6, 6.07) is 7.33. The average molecular weight is 463 g/mol. The Morgan fingerprint density at radius 1 is 1.19 bits per heavy atom. The molecule has 1 aromatic carbocycles. The van der Waals surface area contributed by atoms with Crippen LogP contribution in [0, 0.1) is 0 Å². The SMILES string of the molecule is CC(C)S(=O)(=O)N1CC(N(C)c2cncc(N3C(=O)c4ccc(Cl)cc4C3(C)C)c2)C1. The van der Waals surface area contributed by atoms with Crippen LogP contribution in [0.2, 0.25) is 5.02 Å². The first-order chi connectivity index (χ1) is 14.4. The molecule has 0 spiro atoms. The third-order valence-corrected chi connectivity index (χ3v) is 8.78. The lowest BCUT2D eigenvalue weighted by molar-refractivity contribution is 0.0982. The van der Waals surface area contributed by atoms with E-state index in [-0.39, 0.29) is 11.9 Å². The van der Waals surface area contributed by atoms with E-state index in [0.29, 0.717) is 29.4 Å². The van der Waals surface area contributed by atoms with E-state index in [1.807, 2.05) is 37.9 Å². The number of fused-ring (bicyclic) bond motifs is 1. The largest absolute Gasteiger partial charge is 0.368 e. The minimum Gasteiger partial charge on any atom is -0.368 e. The van der Waals surface area contributed by atoms with Gasteiger partial charge in [0.05, 0.1) is 40.6 Å². The number of halogens is 1. The average Bonchev–Trinajstić information content (AvgIpc) is 2.85. The van der Waals surface area contributed by atoms with E-state index in [1.54, 1.807) is 43.3 Å². The highest BCUT2D eigenvalue weighted by molar-refractivity contribution is 7.89. The van der Waals surface area contributed by atoms with Crippen molar-refractivity contribution in [2.45, 2.75) is 44.5 Å². The van der Waals surface area contributed by atoms with Crippen LogP contribution in [0.1, 0.15) is 43.6 Å². The number of hydrogen-bond donors (Lipinski definition) is 0. The third-order valence-electron chi connectivity index (χ3n) is 6.34. The number of carbonyl (C=O) groups excluding carboxylic acids is 1. The first-order valence-corrected chi connectivity index (χ1v) is 12.1. The van der Waals surface area contributed by atoms with Gasteiger partial charge in [-0.1, -0.05) is 11.6 Å². The second-order valence-electron chi connectivity index (χ2n) is 8.97. The zero-order chi connectivity index (χ0) is 22.7. The summed E-state index contributed by atoms with van der Waals surface area (Å²) in [5.74, 6) is -0.0869. The smallest absolute Gasteiger partial charge is 0.259 e. The topological polar surface area (TPSA) is 73.8 Å². The molecule has 0 saturated carbocycles. The molecule has 0 N–H and O–H groups in total. The standard InChI is InChI=1S/C22H27ClN4O3S/c1-14(2)31(29,30)26-12-18(13-26)25(5)16-9-17(11-24-10-16)27-21(28)19-7-6-15(23)8-20(19)22(27,3)4/h6-11,14,18H,12-13H2,1-5H3. The van der Waals surface area contributed by atoms with E-state index in [1.165, 1.54) is 4.31 Å². The number of nitrogens with zero attached hydrogens (tertiary/aromatic N) is 4. The number of aromatic nitrogens is 1. The molecular formula is C22H27ClN4O3S. The van der Waals surface area contributed by atoms with Gasteiger partial charge >= 0.3 is 0 Å². The maximum atomic E-state index is 13.2. The molecule has 1 saturated heterocycles. The predicted molar refractivity (Wildman–Crippen MR) is 123 cm³/mol. The summed E-state index contributed by atoms with van der Waals surface area (Å²) in [6.07, 6.45) is 3.42. The fourth-order valence-corrected chi connectivity index (χ4v) is 5.78. The number of sulfonamides is 1. The van der Waals surface area contributed by atoms with Crippen LogP contribution in [0.15, 0.2) is 36.7 Å². The number of hydrogen-bond acceptors (Lipinski definition) is 5. The lowest BCUT2D eigenvalue weighted by Crippen LogP contribution is -2.61. The highest BCUT2D eigenvalue weighted by Crippen LogP contribution is 2.43. The molecule has 1 aromatic heterocycles. The van der Waals surface area contributed by atoms with Gasteiger partial charge in [-0.2, -0.15) is 4.31 Å². The van der Waals surface area contributed by atoms with Gasteiger partial charge in [-0.3, -0.25) is 14.7 Å². The molecule has 1 fully saturated rings. The quantitative estimate of drug-likeness (QED) is 0.680. The second-order valence-corrected chi connectivity index (χ2v) is 11.9. The zero-order valence-corrected chi connectivity index (χ0v) is 19.9. The van der Waals surface area contributed by atoms with Gasteiger partial charge in [0.1, 0.15) is 0 Å². The van der Waals surface area contributed by atoms with Gasteiger partial charge in [0.2, 0.25) is 10.0 Å². The van der Waals surface area contributed by atoms with Crippen molar-refractivity contribution in [1.82, 2.24) is 9.29 Å². The van der Waals surface area contributed by atoms with Crippen molar-refractivity contribution in [3.63, 3.8) is 0 Å². The van der Waals surface area contributed by atoms with Crippen LogP contribution in [0.25, 0.3) is 0 Å². The van der Waals surface area contributed by atoms with Crippen LogP contribution >= 0.6 is 11.6 Å². The molecule has 3 heterocycles. The molecule has 2 aromatic rings. The Labute approximate surface area is 188 Å². The van der Waals surface area contributed by atoms with Gasteiger partial charge in [-0.05, 0) is 57.5 Å². The Bertz CT molecular complexity index is 1140. The minimum absolute atomic E-state index is 0.0591. The van der Waals surface area contributed by atoms with Gasteiger partial charge in [-0.15, -0.1) is 0 Å². The fraction of sp³-hybridized carbons (Fsp3) is 0.455. The van der Waals surface area contributed by atoms with Crippen molar-refractivity contribution in [3.05, 3.63) is 52.8 Å². The third kappa shape index (κ3) is 3.50. The van der Waals surface area contributed by atoms with Gasteiger partial charge in [0.25, 0.3) is 5.91 Å². The van der Waals surface area contributed by atoms with E-state index in [4.69, 9.17) is 11.6 Å². The highest BCUT2D eigenvalue weighted by Gasteiger charge is 2.44. The molecule has 0 aliphatic carbocycles. The fourth-order valence-electron chi connectivity index (χ4n) is 4.25. The first-order valence-electron chi connectivity index (χ1n) is 10.3. The summed E-state index contributed by atoms with van der Waals surface area (Å²) in [5, 5.41) is 0.168. The van der Waals surface area contributed by atoms with Gasteiger partial charge in [0.15, 0.2) is 0 Å². The minimum atomic E-state index is -3.24. The molecule has 31 heavy (non-hydrogen) atoms. The molecule has 4 rings (SSSR count). The molecular weight excluding hydrogens is 436 g/mol. The number of benzene rings is 1. The number of amides is 1. The van der Waals surface area contributed by atoms with Gasteiger partial charge in [0, 0.05) is 30.7 Å². The molecule has 0 radical (unpaired) electrons. The zero-order valence-electron chi connectivity index (χ0n) is 18.3. The van der Waals surface area contributed by atoms with E-state index in [9.17, 15) is 13.2 Å². The van der Waals surface area contributed by atoms with Crippen LogP contribution in [0.3, 0.4) is 0 Å². The monoisotopic (exact) mass is 462 g/mol. The summed E-state index contributed by atoms with van der Waals surface area (Å²) >= 11 is 6.18. The Morgan fingerprint density at radius 2 is 1.87 bits per heavy atom. The number of carbonyl (C=O) groups is 1. The number of pyridine rings is 1. The molecule has 2 aliphatic rings. The number of rotatable bonds is 5. The molecule has 2 aliphatic heterocycles. The number of likely N-dealkylation sites (N-methyl/N-ethyl adjacent to an activating group) is 1. The summed E-state index contributed by atoms with van der Waals surface area (Å²) in [5.41, 5.74) is 2.48. The molecule has 166 valence electrons. The van der Waals surface area contributed by atoms with E-state index in [2.05, 4.69) is 4.98 Å². The van der Waals surface area contributed by atoms with E-state index in [0.717, 1.165) is 11.3 Å². The molecule has 0 atom stereocenters. The van der Waals surface area contributed by atoms with Crippen LogP contribution < -0.4 is 9.80 Å². The van der Waals surface area contributed by atoms with E-state index >= 15 is 0 Å². The summed E-state index contributed by atoms with van der Waals surface area (Å²) in [4.78, 5) is 21.3. The maximum Gasteiger partial charge on any atom is 0.259 e. The summed E-state index contributed by atoms with van der Waals surface area (Å²) < 4.78 is 26.2. The van der Waals surface area contributed by atoms with Crippen molar-refractivity contribution < 1.29 is 13.2 Å². The van der Waals surface area contributed by atoms with Crippen LogP contribution in [0.4, 0.5) is 11.4 Å². The van der Waals surface area contributed by atoms with Crippen molar-refractivity contribution in [3.8, 4) is 0 Å². The maximum absolute atomic E-state index is 13.2. The lowest BCUT2D eigenvalue weighted by atomic mass is 9.93. The van der Waals surface area contributed by atoms with Crippen molar-refractivity contribution in [2.75, 3.05) is 29.9 Å². The molecule has 0 bridgehead atoms. The Kier molecular flexibility index (Phi) is 5.31. The Balaban J connectivity index is 1.58. The van der Waals surface area contributed by atoms with Crippen LogP contribution in [-0.2, 0) is 15.6 Å². The lowest BCUT2D eigenvalue weighted by Gasteiger charge is -2.44. The van der Waals surface area contributed by atoms with Crippen molar-refractivity contribution in [1.29, 1.82) is 0 Å². The molecule has 9 heteroatoms. The summed E-state index contributed by atoms with van der Waals surface area (Å²) in [7, 11) is -1.31. The number of anilines is 2. The molecule has 7 nitrogen and oxygen atoms in total. The highest BCUT2D eigenvalue weighted by atomic mass is 35.5. The van der Waals surface area contributed by atoms with E-state index < -0.39 is 20.8 Å². The second kappa shape index (κ2) is 7.46. The Hall–Kier alpha value is -2.16. The van der Waals surface area contributed by atoms with Crippen molar-refractivity contribution in [2.24, 2.45) is 0 Å². The van der Waals surface area contributed by atoms with Gasteiger partial charge in [-0.25, -0.2) is 8.42 Å². The summed E-state index contributed by atoms with van der Waals surface area (Å²) in [6.45, 7) is 8.26.